The summed E-state index contributed by atoms with van der Waals surface area (Å²) in [5, 5.41) is 13.1. The van der Waals surface area contributed by atoms with Crippen molar-refractivity contribution in [2.24, 2.45) is 5.10 Å². The molecule has 5 nitrogen and oxygen atoms in total. The fraction of sp³-hybridized carbons (Fsp3) is 0.0833. The summed E-state index contributed by atoms with van der Waals surface area (Å²) in [6, 6.07) is 11.5. The van der Waals surface area contributed by atoms with Crippen LogP contribution in [0.15, 0.2) is 35.4 Å². The van der Waals surface area contributed by atoms with Crippen LogP contribution in [-0.2, 0) is 4.79 Å². The van der Waals surface area contributed by atoms with Crippen LogP contribution >= 0.6 is 0 Å². The van der Waals surface area contributed by atoms with Crippen LogP contribution in [0, 0.1) is 11.3 Å². The number of fused-ring (bicyclic) bond motifs is 1. The molecule has 1 aromatic heterocycles. The van der Waals surface area contributed by atoms with Crippen molar-refractivity contribution in [2.75, 3.05) is 0 Å². The van der Waals surface area contributed by atoms with Gasteiger partial charge in [0.2, 0.25) is 0 Å². The minimum atomic E-state index is -0.417. The van der Waals surface area contributed by atoms with Crippen molar-refractivity contribution in [2.45, 2.75) is 6.42 Å². The Hall–Kier alpha value is -2.61. The largest absolute Gasteiger partial charge is 0.354 e. The lowest BCUT2D eigenvalue weighted by Gasteiger charge is -1.91. The van der Waals surface area contributed by atoms with Crippen LogP contribution in [0.25, 0.3) is 10.9 Å². The van der Waals surface area contributed by atoms with E-state index in [1.807, 2.05) is 30.3 Å². The number of hydrogen-bond acceptors (Lipinski definition) is 3. The van der Waals surface area contributed by atoms with E-state index in [2.05, 4.69) is 15.5 Å². The summed E-state index contributed by atoms with van der Waals surface area (Å²) in [4.78, 5) is 14.1. The molecule has 0 aliphatic heterocycles. The van der Waals surface area contributed by atoms with Crippen molar-refractivity contribution < 1.29 is 4.79 Å². The number of aromatic nitrogens is 1. The zero-order chi connectivity index (χ0) is 12.1. The first kappa shape index (κ1) is 10.9. The molecule has 0 unspecified atom stereocenters. The van der Waals surface area contributed by atoms with Crippen molar-refractivity contribution in [1.82, 2.24) is 10.4 Å². The number of nitrogens with zero attached hydrogens (tertiary/aromatic N) is 2. The van der Waals surface area contributed by atoms with Crippen molar-refractivity contribution in [3.8, 4) is 6.07 Å². The van der Waals surface area contributed by atoms with Crippen LogP contribution in [0.2, 0.25) is 0 Å². The van der Waals surface area contributed by atoms with Crippen molar-refractivity contribution in [1.29, 1.82) is 5.26 Å². The summed E-state index contributed by atoms with van der Waals surface area (Å²) < 4.78 is 0. The number of amides is 1. The maximum absolute atomic E-state index is 10.9. The van der Waals surface area contributed by atoms with Crippen LogP contribution in [0.3, 0.4) is 0 Å². The summed E-state index contributed by atoms with van der Waals surface area (Å²) in [5.41, 5.74) is 4.07. The highest BCUT2D eigenvalue weighted by Gasteiger charge is 1.98. The van der Waals surface area contributed by atoms with Crippen LogP contribution < -0.4 is 5.43 Å². The molecular weight excluding hydrogens is 216 g/mol. The Labute approximate surface area is 97.8 Å². The van der Waals surface area contributed by atoms with Crippen molar-refractivity contribution in [3.63, 3.8) is 0 Å². The standard InChI is InChI=1S/C12H10N4O/c13-6-5-12(17)16-14-8-10-7-9-3-1-2-4-11(9)15-10/h1-4,7-8,15H,5H2,(H,16,17). The molecular formula is C12H10N4O. The Kier molecular flexibility index (Phi) is 3.17. The van der Waals surface area contributed by atoms with Crippen molar-refractivity contribution >= 4 is 23.0 Å². The molecule has 5 heteroatoms. The molecule has 2 aromatic rings. The molecule has 0 saturated carbocycles. The molecule has 0 spiro atoms. The minimum Gasteiger partial charge on any atom is -0.354 e. The lowest BCUT2D eigenvalue weighted by molar-refractivity contribution is -0.120. The molecule has 0 fully saturated rings. The van der Waals surface area contributed by atoms with Gasteiger partial charge in [0.15, 0.2) is 0 Å². The van der Waals surface area contributed by atoms with Crippen LogP contribution in [-0.4, -0.2) is 17.1 Å². The summed E-state index contributed by atoms with van der Waals surface area (Å²) in [6.45, 7) is 0. The zero-order valence-corrected chi connectivity index (χ0v) is 8.97. The van der Waals surface area contributed by atoms with Gasteiger partial charge < -0.3 is 4.98 Å². The Bertz CT molecular complexity index is 573. The highest BCUT2D eigenvalue weighted by Crippen LogP contribution is 2.12. The second kappa shape index (κ2) is 4.94. The summed E-state index contributed by atoms with van der Waals surface area (Å²) in [7, 11) is 0. The summed E-state index contributed by atoms with van der Waals surface area (Å²) in [6.07, 6.45) is 1.32. The molecule has 84 valence electrons. The number of rotatable bonds is 3. The normalized spacial score (nSPS) is 10.5. The van der Waals surface area contributed by atoms with Gasteiger partial charge in [-0.25, -0.2) is 5.43 Å². The Balaban J connectivity index is 2.06. The Morgan fingerprint density at radius 2 is 2.35 bits per heavy atom. The fourth-order valence-corrected chi connectivity index (χ4v) is 1.45. The zero-order valence-electron chi connectivity index (χ0n) is 8.97. The molecule has 1 heterocycles. The van der Waals surface area contributed by atoms with E-state index < -0.39 is 5.91 Å². The van der Waals surface area contributed by atoms with Crippen LogP contribution in [0.5, 0.6) is 0 Å². The lowest BCUT2D eigenvalue weighted by atomic mass is 10.2. The molecule has 0 aliphatic carbocycles. The quantitative estimate of drug-likeness (QED) is 0.614. The van der Waals surface area contributed by atoms with Gasteiger partial charge in [-0.15, -0.1) is 0 Å². The van der Waals surface area contributed by atoms with Gasteiger partial charge >= 0.3 is 0 Å². The molecule has 0 saturated heterocycles. The van der Waals surface area contributed by atoms with Gasteiger partial charge in [0.05, 0.1) is 18.0 Å². The van der Waals surface area contributed by atoms with Gasteiger partial charge in [-0.1, -0.05) is 18.2 Å². The number of H-pyrrole nitrogens is 1. The van der Waals surface area contributed by atoms with Crippen LogP contribution in [0.4, 0.5) is 0 Å². The molecule has 1 aromatic carbocycles. The number of benzene rings is 1. The van der Waals surface area contributed by atoms with Gasteiger partial charge in [-0.2, -0.15) is 10.4 Å². The van der Waals surface area contributed by atoms with E-state index in [0.29, 0.717) is 0 Å². The maximum atomic E-state index is 10.9. The van der Waals surface area contributed by atoms with Crippen LogP contribution in [0.1, 0.15) is 12.1 Å². The van der Waals surface area contributed by atoms with Gasteiger partial charge in [0.25, 0.3) is 5.91 Å². The average molecular weight is 226 g/mol. The molecule has 2 N–H and O–H groups in total. The third-order valence-corrected chi connectivity index (χ3v) is 2.18. The van der Waals surface area contributed by atoms with E-state index in [9.17, 15) is 4.79 Å². The first-order valence-corrected chi connectivity index (χ1v) is 5.06. The predicted molar refractivity (Wildman–Crippen MR) is 64.3 cm³/mol. The number of aromatic amines is 1. The molecule has 0 aliphatic rings. The predicted octanol–water partition coefficient (Wildman–Crippen LogP) is 1.53. The molecule has 0 atom stereocenters. The summed E-state index contributed by atoms with van der Waals surface area (Å²) >= 11 is 0. The molecule has 0 bridgehead atoms. The summed E-state index contributed by atoms with van der Waals surface area (Å²) in [5.74, 6) is -0.417. The number of hydrogen-bond donors (Lipinski definition) is 2. The third-order valence-electron chi connectivity index (χ3n) is 2.18. The molecule has 17 heavy (non-hydrogen) atoms. The Morgan fingerprint density at radius 1 is 1.53 bits per heavy atom. The number of nitriles is 1. The second-order valence-corrected chi connectivity index (χ2v) is 3.44. The van der Waals surface area contributed by atoms with Gasteiger partial charge in [-0.05, 0) is 12.1 Å². The van der Waals surface area contributed by atoms with E-state index >= 15 is 0 Å². The highest BCUT2D eigenvalue weighted by molar-refractivity contribution is 5.90. The molecule has 0 radical (unpaired) electrons. The second-order valence-electron chi connectivity index (χ2n) is 3.44. The lowest BCUT2D eigenvalue weighted by Crippen LogP contribution is -2.16. The van der Waals surface area contributed by atoms with E-state index in [1.165, 1.54) is 6.21 Å². The third kappa shape index (κ3) is 2.69. The smallest absolute Gasteiger partial charge is 0.254 e. The van der Waals surface area contributed by atoms with E-state index in [4.69, 9.17) is 5.26 Å². The van der Waals surface area contributed by atoms with Gasteiger partial charge in [-0.3, -0.25) is 4.79 Å². The topological polar surface area (TPSA) is 81.0 Å². The average Bonchev–Trinajstić information content (AvgIpc) is 2.71. The fourth-order valence-electron chi connectivity index (χ4n) is 1.45. The van der Waals surface area contributed by atoms with E-state index in [1.54, 1.807) is 6.07 Å². The van der Waals surface area contributed by atoms with E-state index in [-0.39, 0.29) is 6.42 Å². The number of carbonyl (C=O) groups is 1. The van der Waals surface area contributed by atoms with E-state index in [0.717, 1.165) is 16.6 Å². The Morgan fingerprint density at radius 3 is 3.12 bits per heavy atom. The number of hydrazone groups is 1. The van der Waals surface area contributed by atoms with Gasteiger partial charge in [0.1, 0.15) is 6.42 Å². The number of carbonyl (C=O) groups excluding carboxylic acids is 1. The highest BCUT2D eigenvalue weighted by atomic mass is 16.2. The number of nitrogens with one attached hydrogen (secondary N) is 2. The molecule has 2 rings (SSSR count). The molecule has 1 amide bonds. The van der Waals surface area contributed by atoms with Gasteiger partial charge in [0, 0.05) is 10.9 Å². The first-order chi connectivity index (χ1) is 8.29. The minimum absolute atomic E-state index is 0.190. The maximum Gasteiger partial charge on any atom is 0.254 e. The monoisotopic (exact) mass is 226 g/mol. The number of para-hydroxylation sites is 1. The van der Waals surface area contributed by atoms with Crippen molar-refractivity contribution in [3.05, 3.63) is 36.0 Å². The SMILES string of the molecule is N#CCC(=O)NN=Cc1cc2ccccc2[nH]1. The first-order valence-electron chi connectivity index (χ1n) is 5.06.